The second-order valence-electron chi connectivity index (χ2n) is 38.3. The van der Waals surface area contributed by atoms with Crippen LogP contribution in [0.25, 0.3) is 0 Å². The Morgan fingerprint density at radius 3 is 0.571 bits per heavy atom. The monoisotopic (exact) mass is 1830 g/mol. The molecule has 1 aliphatic rings. The highest BCUT2D eigenvalue weighted by Crippen LogP contribution is 2.38. The van der Waals surface area contributed by atoms with Gasteiger partial charge in [-0.15, -0.1) is 0 Å². The summed E-state index contributed by atoms with van der Waals surface area (Å²) < 4.78 is 47.5. The third-order valence-corrected chi connectivity index (χ3v) is 26.1. The van der Waals surface area contributed by atoms with Crippen LogP contribution in [0.1, 0.15) is 538 Å². The fourth-order valence-electron chi connectivity index (χ4n) is 17.7. The maximum Gasteiger partial charge on any atom is 0.335 e. The minimum atomic E-state index is -1.24. The average molecular weight is 1830 g/mol. The van der Waals surface area contributed by atoms with E-state index < -0.39 is 11.9 Å². The number of rotatable bonds is 89. The van der Waals surface area contributed by atoms with Gasteiger partial charge in [0.1, 0.15) is 5.75 Å². The van der Waals surface area contributed by atoms with Gasteiger partial charge < -0.3 is 43.4 Å². The molecule has 6 rings (SSSR count). The van der Waals surface area contributed by atoms with Crippen LogP contribution >= 0.6 is 0 Å². The van der Waals surface area contributed by atoms with E-state index in [0.29, 0.717) is 74.9 Å². The maximum atomic E-state index is 11.6. The minimum Gasteiger partial charge on any atom is -0.494 e. The maximum absolute atomic E-state index is 11.6. The highest BCUT2D eigenvalue weighted by Gasteiger charge is 2.19. The molecule has 0 heterocycles. The van der Waals surface area contributed by atoms with Crippen LogP contribution in [0.5, 0.6) is 40.2 Å². The number of fused-ring (bicyclic) bond motifs is 3. The molecular weight excluding hydrogens is 1650 g/mol. The zero-order chi connectivity index (χ0) is 94.2. The van der Waals surface area contributed by atoms with Crippen LogP contribution in [0.3, 0.4) is 0 Å². The topological polar surface area (TPSA) is 164 Å². The van der Waals surface area contributed by atoms with Crippen molar-refractivity contribution in [1.82, 2.24) is 0 Å². The first-order valence-corrected chi connectivity index (χ1v) is 55.3. The molecule has 0 amide bonds. The molecule has 0 radical (unpaired) electrons. The van der Waals surface area contributed by atoms with Crippen LogP contribution in [0.2, 0.25) is 0 Å². The Morgan fingerprint density at radius 1 is 0.211 bits per heavy atom. The third-order valence-electron chi connectivity index (χ3n) is 26.1. The Balaban J connectivity index is 1.25. The molecule has 0 atom stereocenters. The molecule has 1 aliphatic carbocycles. The van der Waals surface area contributed by atoms with E-state index in [4.69, 9.17) is 33.2 Å². The van der Waals surface area contributed by atoms with Gasteiger partial charge in [0.25, 0.3) is 0 Å². The lowest BCUT2D eigenvalue weighted by Gasteiger charge is -2.16. The zero-order valence-corrected chi connectivity index (χ0v) is 84.9. The minimum absolute atomic E-state index is 0.139. The van der Waals surface area contributed by atoms with E-state index in [1.54, 1.807) is 12.1 Å². The molecule has 0 unspecified atom stereocenters. The predicted molar refractivity (Wildman–Crippen MR) is 558 cm³/mol. The first-order valence-electron chi connectivity index (χ1n) is 55.3. The van der Waals surface area contributed by atoms with Crippen LogP contribution in [0, 0.1) is 35.5 Å². The summed E-state index contributed by atoms with van der Waals surface area (Å²) in [6.07, 6.45) is 87.9. The number of hydrogen-bond acceptors (Lipinski definition) is 11. The number of carbonyl (C=O) groups is 2. The molecule has 0 bridgehead atoms. The van der Waals surface area contributed by atoms with E-state index in [2.05, 4.69) is 117 Å². The van der Waals surface area contributed by atoms with Crippen molar-refractivity contribution >= 4 is 23.3 Å². The summed E-state index contributed by atoms with van der Waals surface area (Å²) in [4.78, 5) is 23.2. The molecular formula is C120H184N2O11. The number of benzene rings is 5. The smallest absolute Gasteiger partial charge is 0.335 e. The van der Waals surface area contributed by atoms with E-state index in [-0.39, 0.29) is 16.8 Å². The zero-order valence-electron chi connectivity index (χ0n) is 84.9. The van der Waals surface area contributed by atoms with E-state index in [9.17, 15) is 19.8 Å². The number of carboxylic acids is 2. The number of azo groups is 1. The van der Waals surface area contributed by atoms with Crippen molar-refractivity contribution < 1.29 is 53.0 Å². The molecule has 133 heavy (non-hydrogen) atoms. The second-order valence-corrected chi connectivity index (χ2v) is 38.3. The summed E-state index contributed by atoms with van der Waals surface area (Å²) in [6.45, 7) is 15.6. The molecule has 13 heteroatoms. The highest BCUT2D eigenvalue weighted by molar-refractivity contribution is 5.95. The van der Waals surface area contributed by atoms with Crippen molar-refractivity contribution in [3.05, 3.63) is 123 Å². The van der Waals surface area contributed by atoms with E-state index >= 15 is 0 Å². The van der Waals surface area contributed by atoms with Gasteiger partial charge in [-0.05, 0) is 75.3 Å². The van der Waals surface area contributed by atoms with Gasteiger partial charge in [0.05, 0.1) is 68.7 Å². The van der Waals surface area contributed by atoms with Crippen LogP contribution < -0.4 is 33.2 Å². The Kier molecular flexibility index (Phi) is 67.5. The van der Waals surface area contributed by atoms with Crippen LogP contribution in [0.4, 0.5) is 11.4 Å². The molecule has 0 saturated carbocycles. The van der Waals surface area contributed by atoms with Crippen molar-refractivity contribution in [3.8, 4) is 75.8 Å². The Morgan fingerprint density at radius 2 is 0.383 bits per heavy atom. The molecule has 0 aliphatic heterocycles. The Hall–Kier alpha value is -8.08. The summed E-state index contributed by atoms with van der Waals surface area (Å²) in [6, 6.07) is 23.5. The fraction of sp³-hybridized carbons (Fsp3) is 0.683. The van der Waals surface area contributed by atoms with Crippen molar-refractivity contribution in [2.45, 2.75) is 484 Å². The van der Waals surface area contributed by atoms with Crippen molar-refractivity contribution in [3.63, 3.8) is 0 Å². The highest BCUT2D eigenvalue weighted by atomic mass is 16.5. The molecule has 0 fully saturated rings. The van der Waals surface area contributed by atoms with Gasteiger partial charge in [-0.1, -0.05) is 481 Å². The number of unbranched alkanes of at least 4 members (excludes halogenated alkanes) is 64. The number of aromatic carboxylic acids is 2. The molecule has 740 valence electrons. The summed E-state index contributed by atoms with van der Waals surface area (Å²) in [7, 11) is 0. The lowest BCUT2D eigenvalue weighted by molar-refractivity contribution is 0.0696. The number of hydrogen-bond donors (Lipinski definition) is 2. The van der Waals surface area contributed by atoms with Gasteiger partial charge >= 0.3 is 11.9 Å². The first-order chi connectivity index (χ1) is 65.6. The van der Waals surface area contributed by atoms with E-state index in [1.807, 2.05) is 12.1 Å². The fourth-order valence-corrected chi connectivity index (χ4v) is 17.7. The van der Waals surface area contributed by atoms with Gasteiger partial charge in [0, 0.05) is 75.8 Å². The first kappa shape index (κ1) is 114. The number of carboxylic acid groups (broad SMARTS) is 2. The van der Waals surface area contributed by atoms with E-state index in [0.717, 1.165) is 159 Å². The Bertz CT molecular complexity index is 3710. The second kappa shape index (κ2) is 79.0. The largest absolute Gasteiger partial charge is 0.494 e. The molecule has 0 aromatic heterocycles. The Labute approximate surface area is 811 Å². The van der Waals surface area contributed by atoms with Gasteiger partial charge in [0.15, 0.2) is 34.5 Å². The summed E-state index contributed by atoms with van der Waals surface area (Å²) in [5.41, 5.74) is 4.95. The van der Waals surface area contributed by atoms with Gasteiger partial charge in [-0.3, -0.25) is 0 Å². The molecule has 2 N–H and O–H groups in total. The van der Waals surface area contributed by atoms with Gasteiger partial charge in [-0.25, -0.2) is 9.59 Å². The van der Waals surface area contributed by atoms with Crippen LogP contribution in [-0.2, 0) is 0 Å². The lowest BCUT2D eigenvalue weighted by Crippen LogP contribution is -2.05. The lowest BCUT2D eigenvalue weighted by atomic mass is 10.0. The van der Waals surface area contributed by atoms with Crippen LogP contribution in [-0.4, -0.2) is 68.4 Å². The SMILES string of the molecule is CCCCCCCCCCCCCCOc1cc2c(cc1OCCCCCCCCCCCCCC)C#Cc1cc(OCCCCCCCCCCCCCC)c(OCCCCCCCCCCCCOc3cccc(N=Nc4cc(C(=O)O)cc(C(=O)O)c4)c3)cc1C#Cc1cc(OCCCCCCCCCCCCCC)c(OCCCCCCCCCCCCCC)cc1C#C2. The molecule has 13 nitrogen and oxygen atoms in total. The van der Waals surface area contributed by atoms with Crippen molar-refractivity contribution in [2.75, 3.05) is 46.2 Å². The van der Waals surface area contributed by atoms with Crippen molar-refractivity contribution in [1.29, 1.82) is 0 Å². The molecule has 0 spiro atoms. The summed E-state index contributed by atoms with van der Waals surface area (Å²) in [5.74, 6) is 24.6. The van der Waals surface area contributed by atoms with Gasteiger partial charge in [0.2, 0.25) is 0 Å². The number of nitrogens with zero attached hydrogens (tertiary/aromatic N) is 2. The molecule has 5 aromatic rings. The molecule has 0 saturated heterocycles. The van der Waals surface area contributed by atoms with Crippen molar-refractivity contribution in [2.24, 2.45) is 10.2 Å². The predicted octanol–water partition coefficient (Wildman–Crippen LogP) is 36.8. The molecule has 5 aromatic carbocycles. The average Bonchev–Trinajstić information content (AvgIpc) is 0.795. The van der Waals surface area contributed by atoms with Crippen LogP contribution in [0.15, 0.2) is 89.1 Å². The number of ether oxygens (including phenoxy) is 7. The summed E-state index contributed by atoms with van der Waals surface area (Å²) >= 11 is 0. The summed E-state index contributed by atoms with van der Waals surface area (Å²) in [5, 5.41) is 27.4. The standard InChI is InChI=1S/C120H184N2O11/c1-6-11-16-21-26-31-36-41-49-56-63-70-86-128-113-95-102-79-80-103-96-114(129-87-71-64-57-50-42-37-32-27-22-17-12-7-2)116(131-89-73-66-59-52-44-39-34-29-24-19-14-9-4)98-105(103)83-84-107-100-118(133-91-75-68-61-54-47-46-48-55-62-69-85-127-112-78-76-77-110(101-112)121-122-111-93-108(119(123)124)92-109(94-111)120(125)126)117(132-90-74-67-60-53-45-40-35-30-25-20-15-10-5)99-106(107)82-81-104(102)97-115(113)130-88-72-65-58-51-43-38-33-28-23-18-13-8-3/h76-78,92-101H,6-75,85-91H2,1-5H3,(H,123,124)(H,125,126). The van der Waals surface area contributed by atoms with Gasteiger partial charge in [-0.2, -0.15) is 10.2 Å². The third kappa shape index (κ3) is 55.7. The van der Waals surface area contributed by atoms with E-state index in [1.165, 1.54) is 359 Å². The quantitative estimate of drug-likeness (QED) is 0.0212. The normalized spacial score (nSPS) is 11.5.